The van der Waals surface area contributed by atoms with E-state index in [9.17, 15) is 23.2 Å². The smallest absolute Gasteiger partial charge is 0.257 e. The number of rotatable bonds is 5. The van der Waals surface area contributed by atoms with E-state index in [1.165, 1.54) is 24.4 Å². The molecule has 4 aromatic rings. The summed E-state index contributed by atoms with van der Waals surface area (Å²) in [4.78, 5) is 41.6. The Labute approximate surface area is 192 Å². The van der Waals surface area contributed by atoms with Crippen molar-refractivity contribution in [2.75, 3.05) is 10.6 Å². The molecule has 0 fully saturated rings. The summed E-state index contributed by atoms with van der Waals surface area (Å²) in [7, 11) is 0. The number of aromatic nitrogens is 2. The second-order valence-corrected chi connectivity index (χ2v) is 7.38. The zero-order chi connectivity index (χ0) is 24.2. The number of nitrogens with one attached hydrogen (secondary N) is 2. The van der Waals surface area contributed by atoms with Crippen molar-refractivity contribution >= 4 is 23.2 Å². The second kappa shape index (κ2) is 9.45. The van der Waals surface area contributed by atoms with E-state index in [1.807, 2.05) is 0 Å². The molecule has 4 rings (SSSR count). The Morgan fingerprint density at radius 2 is 1.59 bits per heavy atom. The molecule has 7 nitrogen and oxygen atoms in total. The molecule has 9 heteroatoms. The summed E-state index contributed by atoms with van der Waals surface area (Å²) in [5.41, 5.74) is 0.563. The van der Waals surface area contributed by atoms with Crippen LogP contribution in [0.3, 0.4) is 0 Å². The van der Waals surface area contributed by atoms with Gasteiger partial charge in [-0.2, -0.15) is 0 Å². The fourth-order valence-electron chi connectivity index (χ4n) is 3.25. The number of anilines is 2. The quantitative estimate of drug-likeness (QED) is 0.464. The van der Waals surface area contributed by atoms with Crippen LogP contribution in [0.15, 0.2) is 84.0 Å². The summed E-state index contributed by atoms with van der Waals surface area (Å²) in [6.07, 6.45) is 4.15. The van der Waals surface area contributed by atoms with Crippen molar-refractivity contribution in [2.45, 2.75) is 6.92 Å². The van der Waals surface area contributed by atoms with Crippen LogP contribution in [0.1, 0.15) is 26.3 Å². The summed E-state index contributed by atoms with van der Waals surface area (Å²) in [6.45, 7) is 1.74. The van der Waals surface area contributed by atoms with Gasteiger partial charge in [-0.05, 0) is 55.0 Å². The van der Waals surface area contributed by atoms with Gasteiger partial charge in [-0.1, -0.05) is 12.1 Å². The monoisotopic (exact) mass is 460 g/mol. The highest BCUT2D eigenvalue weighted by molar-refractivity contribution is 6.07. The van der Waals surface area contributed by atoms with Crippen LogP contribution in [0.4, 0.5) is 20.2 Å². The largest absolute Gasteiger partial charge is 0.322 e. The summed E-state index contributed by atoms with van der Waals surface area (Å²) < 4.78 is 29.1. The first-order chi connectivity index (χ1) is 16.3. The van der Waals surface area contributed by atoms with Crippen molar-refractivity contribution in [3.8, 4) is 5.69 Å². The van der Waals surface area contributed by atoms with Crippen LogP contribution in [0.25, 0.3) is 5.69 Å². The molecule has 0 unspecified atom stereocenters. The molecule has 2 heterocycles. The van der Waals surface area contributed by atoms with Crippen molar-refractivity contribution in [3.05, 3.63) is 118 Å². The summed E-state index contributed by atoms with van der Waals surface area (Å²) >= 11 is 0. The summed E-state index contributed by atoms with van der Waals surface area (Å²) in [5, 5.41) is 5.39. The minimum atomic E-state index is -0.942. The molecule has 170 valence electrons. The highest BCUT2D eigenvalue weighted by Crippen LogP contribution is 2.20. The third-order valence-electron chi connectivity index (χ3n) is 5.02. The predicted octanol–water partition coefficient (Wildman–Crippen LogP) is 4.32. The van der Waals surface area contributed by atoms with E-state index in [4.69, 9.17) is 0 Å². The van der Waals surface area contributed by atoms with Gasteiger partial charge in [0.05, 0.1) is 17.4 Å². The predicted molar refractivity (Wildman–Crippen MR) is 123 cm³/mol. The third kappa shape index (κ3) is 4.73. The standard InChI is InChI=1S/C25H18F2N4O3/c1-15-7-8-16(24(33)29-18-4-3-11-28-13-18)12-21(15)30-25(34)17-9-10-22(32)31(14-17)23-19(26)5-2-6-20(23)27/h2-14H,1H3,(H,29,33)(H,30,34). The van der Waals surface area contributed by atoms with Gasteiger partial charge in [0, 0.05) is 29.7 Å². The molecule has 34 heavy (non-hydrogen) atoms. The van der Waals surface area contributed by atoms with Crippen molar-refractivity contribution in [3.63, 3.8) is 0 Å². The molecule has 2 aromatic carbocycles. The van der Waals surface area contributed by atoms with E-state index in [0.717, 1.165) is 29.0 Å². The lowest BCUT2D eigenvalue weighted by Crippen LogP contribution is -2.22. The fraction of sp³-hybridized carbons (Fsp3) is 0.0400. The van der Waals surface area contributed by atoms with Gasteiger partial charge in [0.2, 0.25) is 0 Å². The SMILES string of the molecule is Cc1ccc(C(=O)Nc2cccnc2)cc1NC(=O)c1ccc(=O)n(-c2c(F)cccc2F)c1. The number of nitrogens with zero attached hydrogens (tertiary/aromatic N) is 2. The van der Waals surface area contributed by atoms with Crippen molar-refractivity contribution in [2.24, 2.45) is 0 Å². The van der Waals surface area contributed by atoms with E-state index in [0.29, 0.717) is 22.5 Å². The lowest BCUT2D eigenvalue weighted by molar-refractivity contribution is 0.101. The van der Waals surface area contributed by atoms with Crippen LogP contribution in [-0.4, -0.2) is 21.4 Å². The van der Waals surface area contributed by atoms with Gasteiger partial charge in [-0.25, -0.2) is 8.78 Å². The number of para-hydroxylation sites is 1. The van der Waals surface area contributed by atoms with E-state index in [1.54, 1.807) is 37.4 Å². The van der Waals surface area contributed by atoms with Crippen LogP contribution >= 0.6 is 0 Å². The molecule has 0 radical (unpaired) electrons. The number of hydrogen-bond donors (Lipinski definition) is 2. The van der Waals surface area contributed by atoms with Gasteiger partial charge in [-0.3, -0.25) is 23.9 Å². The van der Waals surface area contributed by atoms with Crippen LogP contribution in [-0.2, 0) is 0 Å². The molecular formula is C25H18F2N4O3. The molecule has 0 spiro atoms. The zero-order valence-electron chi connectivity index (χ0n) is 17.9. The highest BCUT2D eigenvalue weighted by atomic mass is 19.1. The number of halogens is 2. The van der Waals surface area contributed by atoms with E-state index < -0.39 is 34.7 Å². The Hall–Kier alpha value is -4.66. The van der Waals surface area contributed by atoms with Crippen LogP contribution in [0, 0.1) is 18.6 Å². The van der Waals surface area contributed by atoms with E-state index in [-0.39, 0.29) is 5.56 Å². The minimum absolute atomic E-state index is 0.00753. The lowest BCUT2D eigenvalue weighted by Gasteiger charge is -2.13. The first kappa shape index (κ1) is 22.5. The van der Waals surface area contributed by atoms with E-state index in [2.05, 4.69) is 15.6 Å². The second-order valence-electron chi connectivity index (χ2n) is 7.38. The van der Waals surface area contributed by atoms with Gasteiger partial charge < -0.3 is 10.6 Å². The maximum absolute atomic E-state index is 14.2. The number of benzene rings is 2. The molecule has 0 aliphatic heterocycles. The normalized spacial score (nSPS) is 10.6. The first-order valence-corrected chi connectivity index (χ1v) is 10.1. The Kier molecular flexibility index (Phi) is 6.26. The van der Waals surface area contributed by atoms with Gasteiger partial charge in [0.25, 0.3) is 17.4 Å². The molecule has 0 saturated carbocycles. The molecule has 2 aromatic heterocycles. The number of hydrogen-bond acceptors (Lipinski definition) is 4. The van der Waals surface area contributed by atoms with Gasteiger partial charge in [-0.15, -0.1) is 0 Å². The average molecular weight is 460 g/mol. The van der Waals surface area contributed by atoms with Crippen LogP contribution in [0.2, 0.25) is 0 Å². The highest BCUT2D eigenvalue weighted by Gasteiger charge is 2.16. The number of aryl methyl sites for hydroxylation is 1. The van der Waals surface area contributed by atoms with Gasteiger partial charge >= 0.3 is 0 Å². The number of pyridine rings is 2. The van der Waals surface area contributed by atoms with E-state index >= 15 is 0 Å². The molecule has 0 aliphatic carbocycles. The summed E-state index contributed by atoms with van der Waals surface area (Å²) in [5.74, 6) is -2.91. The molecule has 0 bridgehead atoms. The Morgan fingerprint density at radius 3 is 2.29 bits per heavy atom. The number of carbonyl (C=O) groups excluding carboxylic acids is 2. The van der Waals surface area contributed by atoms with Crippen LogP contribution < -0.4 is 16.2 Å². The Balaban J connectivity index is 1.60. The van der Waals surface area contributed by atoms with Crippen molar-refractivity contribution in [1.29, 1.82) is 0 Å². The minimum Gasteiger partial charge on any atom is -0.322 e. The van der Waals surface area contributed by atoms with Gasteiger partial charge in [0.1, 0.15) is 17.3 Å². The topological polar surface area (TPSA) is 93.1 Å². The molecular weight excluding hydrogens is 442 g/mol. The van der Waals surface area contributed by atoms with Crippen molar-refractivity contribution in [1.82, 2.24) is 9.55 Å². The Morgan fingerprint density at radius 1 is 0.882 bits per heavy atom. The molecule has 0 atom stereocenters. The number of amides is 2. The molecule has 2 amide bonds. The van der Waals surface area contributed by atoms with Gasteiger partial charge in [0.15, 0.2) is 0 Å². The maximum atomic E-state index is 14.2. The first-order valence-electron chi connectivity index (χ1n) is 10.1. The maximum Gasteiger partial charge on any atom is 0.257 e. The Bertz CT molecular complexity index is 1430. The van der Waals surface area contributed by atoms with Crippen molar-refractivity contribution < 1.29 is 18.4 Å². The number of carbonyl (C=O) groups is 2. The average Bonchev–Trinajstić information content (AvgIpc) is 2.82. The molecule has 0 saturated heterocycles. The lowest BCUT2D eigenvalue weighted by atomic mass is 10.1. The third-order valence-corrected chi connectivity index (χ3v) is 5.02. The zero-order valence-corrected chi connectivity index (χ0v) is 17.9. The fourth-order valence-corrected chi connectivity index (χ4v) is 3.25. The molecule has 2 N–H and O–H groups in total. The molecule has 0 aliphatic rings. The summed E-state index contributed by atoms with van der Waals surface area (Å²) in [6, 6.07) is 13.7. The van der Waals surface area contributed by atoms with Crippen LogP contribution in [0.5, 0.6) is 0 Å².